The Labute approximate surface area is 198 Å². The summed E-state index contributed by atoms with van der Waals surface area (Å²) in [6.45, 7) is 5.93. The summed E-state index contributed by atoms with van der Waals surface area (Å²) in [5.41, 5.74) is 0. The standard InChI is InChI=1S/C26H27NO7/c1-3-25(28)31-18-17-30-16-15-27-26(29)34-24-14-8-11-21-22(24)12-7-13-23(21)33-19(2)32-20-9-5-4-6-10-20/h3-14,19H,1,15-18H2,2H3,(H,27,29). The maximum Gasteiger partial charge on any atom is 0.412 e. The van der Waals surface area contributed by atoms with Crippen LogP contribution in [0.2, 0.25) is 0 Å². The fourth-order valence-electron chi connectivity index (χ4n) is 3.06. The van der Waals surface area contributed by atoms with Crippen LogP contribution in [0.5, 0.6) is 17.2 Å². The SMILES string of the molecule is C=CC(=O)OCCOCCNC(=O)Oc1cccc2c(OC(C)Oc3ccccc3)cccc12. The number of benzene rings is 3. The van der Waals surface area contributed by atoms with E-state index in [0.717, 1.165) is 16.8 Å². The van der Waals surface area contributed by atoms with Gasteiger partial charge < -0.3 is 29.0 Å². The Morgan fingerprint density at radius 3 is 2.32 bits per heavy atom. The molecule has 0 aliphatic rings. The summed E-state index contributed by atoms with van der Waals surface area (Å²) in [6.07, 6.45) is -0.0543. The average Bonchev–Trinajstić information content (AvgIpc) is 2.84. The van der Waals surface area contributed by atoms with Crippen LogP contribution in [0.1, 0.15) is 6.92 Å². The molecule has 0 saturated carbocycles. The second kappa shape index (κ2) is 12.9. The van der Waals surface area contributed by atoms with Crippen LogP contribution in [-0.2, 0) is 14.3 Å². The number of hydrogen-bond donors (Lipinski definition) is 1. The second-order valence-electron chi connectivity index (χ2n) is 7.02. The highest BCUT2D eigenvalue weighted by Gasteiger charge is 2.13. The average molecular weight is 466 g/mol. The van der Waals surface area contributed by atoms with E-state index in [4.69, 9.17) is 23.7 Å². The molecule has 3 rings (SSSR count). The minimum atomic E-state index is -0.610. The van der Waals surface area contributed by atoms with Gasteiger partial charge in [0.2, 0.25) is 6.29 Å². The first-order valence-electron chi connectivity index (χ1n) is 10.8. The van der Waals surface area contributed by atoms with Crippen molar-refractivity contribution in [1.82, 2.24) is 5.32 Å². The number of carbonyl (C=O) groups excluding carboxylic acids is 2. The van der Waals surface area contributed by atoms with Gasteiger partial charge in [-0.2, -0.15) is 0 Å². The van der Waals surface area contributed by atoms with Crippen LogP contribution in [0, 0.1) is 0 Å². The Balaban J connectivity index is 1.52. The van der Waals surface area contributed by atoms with Gasteiger partial charge in [-0.1, -0.05) is 49.0 Å². The first-order chi connectivity index (χ1) is 16.6. The highest BCUT2D eigenvalue weighted by Crippen LogP contribution is 2.33. The van der Waals surface area contributed by atoms with E-state index in [1.54, 1.807) is 12.1 Å². The van der Waals surface area contributed by atoms with Crippen molar-refractivity contribution in [3.05, 3.63) is 79.4 Å². The smallest absolute Gasteiger partial charge is 0.412 e. The van der Waals surface area contributed by atoms with Crippen molar-refractivity contribution in [3.8, 4) is 17.2 Å². The van der Waals surface area contributed by atoms with Gasteiger partial charge in [-0.3, -0.25) is 0 Å². The van der Waals surface area contributed by atoms with E-state index >= 15 is 0 Å². The van der Waals surface area contributed by atoms with Crippen LogP contribution in [-0.4, -0.2) is 44.7 Å². The molecule has 0 aromatic heterocycles. The highest BCUT2D eigenvalue weighted by atomic mass is 16.7. The molecule has 34 heavy (non-hydrogen) atoms. The fourth-order valence-corrected chi connectivity index (χ4v) is 3.06. The van der Waals surface area contributed by atoms with Gasteiger partial charge in [0, 0.05) is 30.3 Å². The maximum atomic E-state index is 12.2. The normalized spacial score (nSPS) is 11.3. The van der Waals surface area contributed by atoms with E-state index in [2.05, 4.69) is 11.9 Å². The molecule has 3 aromatic carbocycles. The molecule has 1 unspecified atom stereocenters. The van der Waals surface area contributed by atoms with Crippen LogP contribution in [0.25, 0.3) is 10.8 Å². The Morgan fingerprint density at radius 1 is 0.882 bits per heavy atom. The molecule has 0 spiro atoms. The van der Waals surface area contributed by atoms with Gasteiger partial charge in [0.05, 0.1) is 13.2 Å². The molecule has 1 atom stereocenters. The van der Waals surface area contributed by atoms with Crippen LogP contribution in [0.15, 0.2) is 79.4 Å². The first-order valence-corrected chi connectivity index (χ1v) is 10.8. The van der Waals surface area contributed by atoms with Crippen molar-refractivity contribution in [2.45, 2.75) is 13.2 Å². The van der Waals surface area contributed by atoms with E-state index in [9.17, 15) is 9.59 Å². The van der Waals surface area contributed by atoms with Crippen molar-refractivity contribution >= 4 is 22.8 Å². The maximum absolute atomic E-state index is 12.2. The summed E-state index contributed by atoms with van der Waals surface area (Å²) < 4.78 is 27.4. The topological polar surface area (TPSA) is 92.3 Å². The molecule has 1 N–H and O–H groups in total. The number of esters is 1. The zero-order valence-electron chi connectivity index (χ0n) is 18.9. The van der Waals surface area contributed by atoms with Crippen molar-refractivity contribution < 1.29 is 33.3 Å². The number of fused-ring (bicyclic) bond motifs is 1. The first kappa shape index (κ1) is 24.6. The summed E-state index contributed by atoms with van der Waals surface area (Å²) in [7, 11) is 0. The number of ether oxygens (including phenoxy) is 5. The fraction of sp³-hybridized carbons (Fsp3) is 0.231. The van der Waals surface area contributed by atoms with E-state index < -0.39 is 18.4 Å². The molecule has 178 valence electrons. The highest BCUT2D eigenvalue weighted by molar-refractivity contribution is 5.94. The monoisotopic (exact) mass is 465 g/mol. The molecular formula is C26H27NO7. The van der Waals surface area contributed by atoms with Gasteiger partial charge in [-0.05, 0) is 24.3 Å². The summed E-state index contributed by atoms with van der Waals surface area (Å²) in [6, 6.07) is 20.3. The molecule has 0 saturated heterocycles. The number of amides is 1. The van der Waals surface area contributed by atoms with Crippen molar-refractivity contribution in [3.63, 3.8) is 0 Å². The summed E-state index contributed by atoms with van der Waals surface area (Å²) in [5, 5.41) is 4.13. The molecule has 0 bridgehead atoms. The van der Waals surface area contributed by atoms with Crippen LogP contribution >= 0.6 is 0 Å². The van der Waals surface area contributed by atoms with Gasteiger partial charge in [0.1, 0.15) is 23.9 Å². The Morgan fingerprint density at radius 2 is 1.59 bits per heavy atom. The van der Waals surface area contributed by atoms with Crippen LogP contribution < -0.4 is 19.5 Å². The number of rotatable bonds is 12. The quantitative estimate of drug-likeness (QED) is 0.182. The molecule has 0 fully saturated rings. The molecule has 0 radical (unpaired) electrons. The van der Waals surface area contributed by atoms with E-state index in [1.807, 2.05) is 61.5 Å². The molecule has 8 nitrogen and oxygen atoms in total. The van der Waals surface area contributed by atoms with E-state index in [1.165, 1.54) is 0 Å². The third-order valence-corrected chi connectivity index (χ3v) is 4.54. The summed E-state index contributed by atoms with van der Waals surface area (Å²) in [4.78, 5) is 23.1. The minimum absolute atomic E-state index is 0.116. The van der Waals surface area contributed by atoms with E-state index in [0.29, 0.717) is 17.2 Å². The van der Waals surface area contributed by atoms with Crippen molar-refractivity contribution in [1.29, 1.82) is 0 Å². The number of carbonyl (C=O) groups is 2. The predicted octanol–water partition coefficient (Wildman–Crippen LogP) is 4.48. The second-order valence-corrected chi connectivity index (χ2v) is 7.02. The van der Waals surface area contributed by atoms with Gasteiger partial charge in [0.25, 0.3) is 0 Å². The number of nitrogens with one attached hydrogen (secondary N) is 1. The zero-order chi connectivity index (χ0) is 24.2. The summed E-state index contributed by atoms with van der Waals surface area (Å²) >= 11 is 0. The Kier molecular flexibility index (Phi) is 9.30. The molecule has 0 aliphatic carbocycles. The predicted molar refractivity (Wildman–Crippen MR) is 127 cm³/mol. The van der Waals surface area contributed by atoms with Crippen molar-refractivity contribution in [2.24, 2.45) is 0 Å². The van der Waals surface area contributed by atoms with Gasteiger partial charge in [-0.25, -0.2) is 9.59 Å². The van der Waals surface area contributed by atoms with Gasteiger partial charge in [-0.15, -0.1) is 0 Å². The zero-order valence-corrected chi connectivity index (χ0v) is 18.9. The molecule has 3 aromatic rings. The third kappa shape index (κ3) is 7.53. The lowest BCUT2D eigenvalue weighted by molar-refractivity contribution is -0.139. The molecule has 8 heteroatoms. The molecule has 1 amide bonds. The lowest BCUT2D eigenvalue weighted by atomic mass is 10.1. The van der Waals surface area contributed by atoms with Gasteiger partial charge >= 0.3 is 12.1 Å². The number of para-hydroxylation sites is 1. The Hall–Kier alpha value is -4.04. The van der Waals surface area contributed by atoms with Gasteiger partial charge in [0.15, 0.2) is 0 Å². The van der Waals surface area contributed by atoms with Crippen molar-refractivity contribution in [2.75, 3.05) is 26.4 Å². The Bertz CT molecular complexity index is 1100. The lowest BCUT2D eigenvalue weighted by Crippen LogP contribution is -2.30. The molecule has 0 heterocycles. The molecular weight excluding hydrogens is 438 g/mol. The molecule has 0 aliphatic heterocycles. The largest absolute Gasteiger partial charge is 0.460 e. The van der Waals surface area contributed by atoms with E-state index in [-0.39, 0.29) is 26.4 Å². The van der Waals surface area contributed by atoms with Crippen LogP contribution in [0.3, 0.4) is 0 Å². The minimum Gasteiger partial charge on any atom is -0.460 e. The van der Waals surface area contributed by atoms with Crippen LogP contribution in [0.4, 0.5) is 4.79 Å². The lowest BCUT2D eigenvalue weighted by Gasteiger charge is -2.18. The third-order valence-electron chi connectivity index (χ3n) is 4.54. The summed E-state index contributed by atoms with van der Waals surface area (Å²) in [5.74, 6) is 1.21. The number of hydrogen-bond acceptors (Lipinski definition) is 7.